The van der Waals surface area contributed by atoms with E-state index in [0.717, 1.165) is 38.7 Å². The molecule has 2 saturated carbocycles. The third kappa shape index (κ3) is 2.69. The summed E-state index contributed by atoms with van der Waals surface area (Å²) in [6.07, 6.45) is 5.29. The van der Waals surface area contributed by atoms with Crippen molar-refractivity contribution in [3.63, 3.8) is 0 Å². The fraction of sp³-hybridized carbons (Fsp3) is 0.571. The maximum atomic E-state index is 12.9. The number of imide groups is 1. The van der Waals surface area contributed by atoms with Gasteiger partial charge in [0.25, 0.3) is 5.91 Å². The second-order valence-corrected chi connectivity index (χ2v) is 8.29. The van der Waals surface area contributed by atoms with Crippen LogP contribution in [0.1, 0.15) is 42.5 Å². The first kappa shape index (κ1) is 16.9. The second-order valence-electron chi connectivity index (χ2n) is 8.29. The first-order valence-corrected chi connectivity index (χ1v) is 10.0. The molecule has 2 saturated heterocycles. The van der Waals surface area contributed by atoms with Crippen molar-refractivity contribution in [2.45, 2.75) is 38.2 Å². The number of ether oxygens (including phenoxy) is 1. The molecule has 27 heavy (non-hydrogen) atoms. The molecular formula is C21H24N2O4. The molecule has 0 radical (unpaired) electrons. The van der Waals surface area contributed by atoms with E-state index in [0.29, 0.717) is 29.6 Å². The minimum absolute atomic E-state index is 0.0483. The average Bonchev–Trinajstić information content (AvgIpc) is 3.45. The maximum absolute atomic E-state index is 12.9. The quantitative estimate of drug-likeness (QED) is 0.826. The fourth-order valence-electron chi connectivity index (χ4n) is 5.54. The predicted molar refractivity (Wildman–Crippen MR) is 98.1 cm³/mol. The van der Waals surface area contributed by atoms with Crippen LogP contribution in [0.2, 0.25) is 0 Å². The van der Waals surface area contributed by atoms with E-state index >= 15 is 0 Å². The Morgan fingerprint density at radius 3 is 2.30 bits per heavy atom. The first-order valence-electron chi connectivity index (χ1n) is 10.0. The molecule has 2 aliphatic carbocycles. The molecule has 5 rings (SSSR count). The third-order valence-corrected chi connectivity index (χ3v) is 6.83. The topological polar surface area (TPSA) is 75.7 Å². The Kier molecular flexibility index (Phi) is 4.04. The molecule has 4 aliphatic rings. The number of nitrogens with zero attached hydrogens (tertiary/aromatic N) is 1. The molecule has 3 amide bonds. The zero-order valence-electron chi connectivity index (χ0n) is 15.2. The number of fused-ring (bicyclic) bond motifs is 5. The molecule has 0 unspecified atom stereocenters. The van der Waals surface area contributed by atoms with Crippen LogP contribution in [-0.2, 0) is 14.3 Å². The van der Waals surface area contributed by atoms with Crippen molar-refractivity contribution in [1.82, 2.24) is 5.32 Å². The Morgan fingerprint density at radius 2 is 1.70 bits per heavy atom. The van der Waals surface area contributed by atoms with Gasteiger partial charge in [-0.1, -0.05) is 0 Å². The number of rotatable bonds is 4. The van der Waals surface area contributed by atoms with Crippen LogP contribution in [-0.4, -0.2) is 37.0 Å². The van der Waals surface area contributed by atoms with Gasteiger partial charge in [-0.15, -0.1) is 0 Å². The predicted octanol–water partition coefficient (Wildman–Crippen LogP) is 2.13. The largest absolute Gasteiger partial charge is 0.376 e. The van der Waals surface area contributed by atoms with Gasteiger partial charge in [0, 0.05) is 18.7 Å². The molecule has 4 fully saturated rings. The van der Waals surface area contributed by atoms with E-state index in [1.54, 1.807) is 24.3 Å². The molecule has 6 heteroatoms. The van der Waals surface area contributed by atoms with Crippen molar-refractivity contribution in [1.29, 1.82) is 0 Å². The second kappa shape index (κ2) is 6.44. The first-order chi connectivity index (χ1) is 13.1. The minimum Gasteiger partial charge on any atom is -0.376 e. The summed E-state index contributed by atoms with van der Waals surface area (Å²) in [5, 5.41) is 2.89. The molecule has 2 aliphatic heterocycles. The molecule has 142 valence electrons. The van der Waals surface area contributed by atoms with Gasteiger partial charge in [-0.3, -0.25) is 19.3 Å². The molecule has 1 aromatic rings. The lowest BCUT2D eigenvalue weighted by atomic mass is 9.81. The van der Waals surface area contributed by atoms with Crippen LogP contribution < -0.4 is 10.2 Å². The number of benzene rings is 1. The van der Waals surface area contributed by atoms with Gasteiger partial charge in [-0.05, 0) is 68.2 Å². The van der Waals surface area contributed by atoms with Gasteiger partial charge in [0.2, 0.25) is 11.8 Å². The highest BCUT2D eigenvalue weighted by Gasteiger charge is 2.61. The number of anilines is 1. The van der Waals surface area contributed by atoms with Crippen LogP contribution in [0.5, 0.6) is 0 Å². The summed E-state index contributed by atoms with van der Waals surface area (Å²) in [4.78, 5) is 39.4. The molecule has 6 nitrogen and oxygen atoms in total. The lowest BCUT2D eigenvalue weighted by Gasteiger charge is -2.19. The van der Waals surface area contributed by atoms with Crippen molar-refractivity contribution in [2.75, 3.05) is 18.1 Å². The number of hydrogen-bond donors (Lipinski definition) is 1. The summed E-state index contributed by atoms with van der Waals surface area (Å²) >= 11 is 0. The normalized spacial score (nSPS) is 34.4. The Labute approximate surface area is 158 Å². The number of hydrogen-bond acceptors (Lipinski definition) is 4. The number of carbonyl (C=O) groups is 3. The molecule has 5 atom stereocenters. The standard InChI is InChI=1S/C21H24N2O4/c24-19(22-11-16-2-1-9-27-16)12-5-7-15(8-6-12)23-20(25)17-13-3-4-14(10-13)18(17)21(23)26/h5-8,13-14,16-18H,1-4,9-11H2,(H,22,24)/t13-,14+,16-,17-,18+/m0/s1. The van der Waals surface area contributed by atoms with E-state index in [2.05, 4.69) is 5.32 Å². The van der Waals surface area contributed by atoms with Crippen LogP contribution >= 0.6 is 0 Å². The minimum atomic E-state index is -0.161. The Morgan fingerprint density at radius 1 is 1.04 bits per heavy atom. The molecule has 2 heterocycles. The van der Waals surface area contributed by atoms with Gasteiger partial charge in [0.1, 0.15) is 0 Å². The van der Waals surface area contributed by atoms with Crippen molar-refractivity contribution >= 4 is 23.4 Å². The summed E-state index contributed by atoms with van der Waals surface area (Å²) < 4.78 is 5.51. The van der Waals surface area contributed by atoms with E-state index < -0.39 is 0 Å². The Balaban J connectivity index is 1.28. The van der Waals surface area contributed by atoms with E-state index in [1.807, 2.05) is 0 Å². The zero-order valence-corrected chi connectivity index (χ0v) is 15.2. The average molecular weight is 368 g/mol. The van der Waals surface area contributed by atoms with Gasteiger partial charge in [0.05, 0.1) is 23.6 Å². The zero-order chi connectivity index (χ0) is 18.5. The lowest BCUT2D eigenvalue weighted by Crippen LogP contribution is -2.33. The molecular weight excluding hydrogens is 344 g/mol. The summed E-state index contributed by atoms with van der Waals surface area (Å²) in [7, 11) is 0. The lowest BCUT2D eigenvalue weighted by molar-refractivity contribution is -0.123. The van der Waals surface area contributed by atoms with Crippen LogP contribution in [0.15, 0.2) is 24.3 Å². The van der Waals surface area contributed by atoms with Crippen LogP contribution in [0.4, 0.5) is 5.69 Å². The number of nitrogens with one attached hydrogen (secondary N) is 1. The van der Waals surface area contributed by atoms with Gasteiger partial charge >= 0.3 is 0 Å². The molecule has 1 aromatic carbocycles. The van der Waals surface area contributed by atoms with E-state index in [4.69, 9.17) is 4.74 Å². The number of carbonyl (C=O) groups excluding carboxylic acids is 3. The van der Waals surface area contributed by atoms with Gasteiger partial charge in [-0.25, -0.2) is 0 Å². The number of amides is 3. The van der Waals surface area contributed by atoms with Crippen molar-refractivity contribution < 1.29 is 19.1 Å². The molecule has 2 bridgehead atoms. The molecule has 1 N–H and O–H groups in total. The summed E-state index contributed by atoms with van der Waals surface area (Å²) in [6.45, 7) is 1.27. The summed E-state index contributed by atoms with van der Waals surface area (Å²) in [5.41, 5.74) is 1.10. The highest BCUT2D eigenvalue weighted by Crippen LogP contribution is 2.56. The van der Waals surface area contributed by atoms with E-state index in [9.17, 15) is 14.4 Å². The summed E-state index contributed by atoms with van der Waals surface area (Å²) in [6, 6.07) is 6.78. The molecule has 0 spiro atoms. The fourth-order valence-corrected chi connectivity index (χ4v) is 5.54. The van der Waals surface area contributed by atoms with E-state index in [-0.39, 0.29) is 35.7 Å². The van der Waals surface area contributed by atoms with Gasteiger partial charge < -0.3 is 10.1 Å². The van der Waals surface area contributed by atoms with Crippen molar-refractivity contribution in [2.24, 2.45) is 23.7 Å². The SMILES string of the molecule is O=C(NC[C@@H]1CCCO1)c1ccc(N2C(=O)[C@@H]3[C@@H]4CC[C@@H](C4)[C@@H]3C2=O)cc1. The van der Waals surface area contributed by atoms with Gasteiger partial charge in [0.15, 0.2) is 0 Å². The molecule has 0 aromatic heterocycles. The highest BCUT2D eigenvalue weighted by atomic mass is 16.5. The summed E-state index contributed by atoms with van der Waals surface area (Å²) in [5.74, 6) is 0.261. The Hall–Kier alpha value is -2.21. The Bertz CT molecular complexity index is 756. The van der Waals surface area contributed by atoms with E-state index in [1.165, 1.54) is 4.90 Å². The maximum Gasteiger partial charge on any atom is 0.251 e. The monoisotopic (exact) mass is 368 g/mol. The third-order valence-electron chi connectivity index (χ3n) is 6.83. The van der Waals surface area contributed by atoms with Crippen molar-refractivity contribution in [3.8, 4) is 0 Å². The smallest absolute Gasteiger partial charge is 0.251 e. The van der Waals surface area contributed by atoms with Crippen molar-refractivity contribution in [3.05, 3.63) is 29.8 Å². The van der Waals surface area contributed by atoms with Gasteiger partial charge in [-0.2, -0.15) is 0 Å². The van der Waals surface area contributed by atoms with Crippen LogP contribution in [0, 0.1) is 23.7 Å². The van der Waals surface area contributed by atoms with Crippen LogP contribution in [0.25, 0.3) is 0 Å². The van der Waals surface area contributed by atoms with Crippen LogP contribution in [0.3, 0.4) is 0 Å². The highest BCUT2D eigenvalue weighted by molar-refractivity contribution is 6.22.